The van der Waals surface area contributed by atoms with Crippen LogP contribution in [0, 0.1) is 6.92 Å². The molecule has 1 aromatic heterocycles. The second-order valence-corrected chi connectivity index (χ2v) is 4.33. The van der Waals surface area contributed by atoms with Crippen molar-refractivity contribution in [1.82, 2.24) is 5.48 Å². The molecule has 1 amide bonds. The van der Waals surface area contributed by atoms with Crippen molar-refractivity contribution in [3.05, 3.63) is 52.8 Å². The molecule has 0 bridgehead atoms. The van der Waals surface area contributed by atoms with Crippen LogP contribution >= 0.6 is 11.6 Å². The predicted octanol–water partition coefficient (Wildman–Crippen LogP) is 3.43. The summed E-state index contributed by atoms with van der Waals surface area (Å²) in [7, 11) is 0. The number of rotatable bonds is 3. The summed E-state index contributed by atoms with van der Waals surface area (Å²) in [5.74, 6) is 0.568. The van der Waals surface area contributed by atoms with Crippen molar-refractivity contribution in [3.8, 4) is 11.3 Å². The fourth-order valence-electron chi connectivity index (χ4n) is 1.66. The molecule has 19 heavy (non-hydrogen) atoms. The molecule has 0 aliphatic carbocycles. The van der Waals surface area contributed by atoms with E-state index < -0.39 is 5.91 Å². The first-order valence-corrected chi connectivity index (χ1v) is 5.97. The smallest absolute Gasteiger partial charge is 0.267 e. The molecule has 2 N–H and O–H groups in total. The number of hydrogen-bond donors (Lipinski definition) is 2. The van der Waals surface area contributed by atoms with Crippen LogP contribution in [-0.4, -0.2) is 11.1 Å². The maximum Gasteiger partial charge on any atom is 0.267 e. The molecule has 0 fully saturated rings. The number of furan rings is 1. The van der Waals surface area contributed by atoms with E-state index in [-0.39, 0.29) is 0 Å². The Morgan fingerprint density at radius 2 is 2.16 bits per heavy atom. The normalized spacial score (nSPS) is 10.9. The second kappa shape index (κ2) is 5.73. The van der Waals surface area contributed by atoms with E-state index in [4.69, 9.17) is 21.2 Å². The number of carbonyl (C=O) groups is 1. The lowest BCUT2D eigenvalue weighted by molar-refractivity contribution is -0.124. The zero-order valence-corrected chi connectivity index (χ0v) is 10.9. The summed E-state index contributed by atoms with van der Waals surface area (Å²) in [4.78, 5) is 10.9. The van der Waals surface area contributed by atoms with Gasteiger partial charge in [0.05, 0.1) is 0 Å². The summed E-state index contributed by atoms with van der Waals surface area (Å²) in [6, 6.07) is 9.11. The number of amides is 1. The molecule has 0 saturated heterocycles. The standard InChI is InChI=1S/C14H12ClNO3/c1-9-11(3-2-4-12(9)15)13-7-5-10(19-13)6-8-14(17)16-18/h2-8,18H,1H3,(H,16,17)/b8-6+. The van der Waals surface area contributed by atoms with Crippen molar-refractivity contribution < 1.29 is 14.4 Å². The Kier molecular flexibility index (Phi) is 4.04. The molecule has 1 heterocycles. The average molecular weight is 278 g/mol. The molecule has 0 unspecified atom stereocenters. The third-order valence-corrected chi connectivity index (χ3v) is 3.08. The molecule has 0 aliphatic rings. The molecule has 4 nitrogen and oxygen atoms in total. The van der Waals surface area contributed by atoms with Gasteiger partial charge in [-0.15, -0.1) is 0 Å². The van der Waals surface area contributed by atoms with Gasteiger partial charge in [-0.05, 0) is 36.8 Å². The first-order valence-electron chi connectivity index (χ1n) is 5.59. The quantitative estimate of drug-likeness (QED) is 0.513. The summed E-state index contributed by atoms with van der Waals surface area (Å²) >= 11 is 6.06. The first kappa shape index (κ1) is 13.4. The summed E-state index contributed by atoms with van der Waals surface area (Å²) in [5, 5.41) is 9.04. The Hall–Kier alpha value is -2.04. The van der Waals surface area contributed by atoms with Crippen LogP contribution in [0.4, 0.5) is 0 Å². The van der Waals surface area contributed by atoms with Gasteiger partial charge in [0.25, 0.3) is 5.91 Å². The van der Waals surface area contributed by atoms with Crippen molar-refractivity contribution in [2.45, 2.75) is 6.92 Å². The number of benzene rings is 1. The van der Waals surface area contributed by atoms with Crippen LogP contribution in [0.3, 0.4) is 0 Å². The van der Waals surface area contributed by atoms with Gasteiger partial charge in [-0.1, -0.05) is 23.7 Å². The van der Waals surface area contributed by atoms with E-state index in [0.29, 0.717) is 16.5 Å². The first-order chi connectivity index (χ1) is 9.11. The van der Waals surface area contributed by atoms with Gasteiger partial charge in [-0.3, -0.25) is 10.0 Å². The number of nitrogens with one attached hydrogen (secondary N) is 1. The van der Waals surface area contributed by atoms with E-state index >= 15 is 0 Å². The lowest BCUT2D eigenvalue weighted by atomic mass is 10.1. The Morgan fingerprint density at radius 1 is 1.37 bits per heavy atom. The molecule has 2 aromatic rings. The molecule has 98 valence electrons. The molecule has 0 atom stereocenters. The minimum atomic E-state index is -0.614. The summed E-state index contributed by atoms with van der Waals surface area (Å²) < 4.78 is 5.59. The van der Waals surface area contributed by atoms with Crippen molar-refractivity contribution in [2.24, 2.45) is 0 Å². The molecule has 2 rings (SSSR count). The van der Waals surface area contributed by atoms with Crippen LogP contribution in [-0.2, 0) is 4.79 Å². The van der Waals surface area contributed by atoms with Gasteiger partial charge in [0, 0.05) is 16.7 Å². The van der Waals surface area contributed by atoms with Gasteiger partial charge in [-0.25, -0.2) is 5.48 Å². The fourth-order valence-corrected chi connectivity index (χ4v) is 1.83. The monoisotopic (exact) mass is 277 g/mol. The average Bonchev–Trinajstić information content (AvgIpc) is 2.87. The van der Waals surface area contributed by atoms with Crippen LogP contribution in [0.25, 0.3) is 17.4 Å². The third kappa shape index (κ3) is 3.05. The van der Waals surface area contributed by atoms with Gasteiger partial charge in [-0.2, -0.15) is 0 Å². The Bertz CT molecular complexity index is 631. The van der Waals surface area contributed by atoms with E-state index in [2.05, 4.69) is 0 Å². The third-order valence-electron chi connectivity index (χ3n) is 2.67. The van der Waals surface area contributed by atoms with Crippen molar-refractivity contribution in [3.63, 3.8) is 0 Å². The van der Waals surface area contributed by atoms with Gasteiger partial charge >= 0.3 is 0 Å². The minimum Gasteiger partial charge on any atom is -0.457 e. The highest BCUT2D eigenvalue weighted by Crippen LogP contribution is 2.29. The maximum absolute atomic E-state index is 10.9. The highest BCUT2D eigenvalue weighted by Gasteiger charge is 2.08. The molecular formula is C14H12ClNO3. The van der Waals surface area contributed by atoms with Gasteiger partial charge in [0.2, 0.25) is 0 Å². The summed E-state index contributed by atoms with van der Waals surface area (Å²) in [6.07, 6.45) is 2.64. The summed E-state index contributed by atoms with van der Waals surface area (Å²) in [5.41, 5.74) is 3.34. The van der Waals surface area contributed by atoms with Crippen molar-refractivity contribution >= 4 is 23.6 Å². The SMILES string of the molecule is Cc1c(Cl)cccc1-c1ccc(/C=C/C(=O)NO)o1. The molecule has 1 aromatic carbocycles. The zero-order valence-electron chi connectivity index (χ0n) is 10.2. The number of hydroxylamine groups is 1. The maximum atomic E-state index is 10.9. The lowest BCUT2D eigenvalue weighted by Crippen LogP contribution is -2.14. The van der Waals surface area contributed by atoms with Crippen LogP contribution in [0.5, 0.6) is 0 Å². The number of hydrogen-bond acceptors (Lipinski definition) is 3. The minimum absolute atomic E-state index is 0.512. The van der Waals surface area contributed by atoms with E-state index in [1.54, 1.807) is 12.1 Å². The topological polar surface area (TPSA) is 62.5 Å². The van der Waals surface area contributed by atoms with Crippen LogP contribution in [0.1, 0.15) is 11.3 Å². The van der Waals surface area contributed by atoms with Crippen molar-refractivity contribution in [2.75, 3.05) is 0 Å². The molecular weight excluding hydrogens is 266 g/mol. The fraction of sp³-hybridized carbons (Fsp3) is 0.0714. The van der Waals surface area contributed by atoms with E-state index in [9.17, 15) is 4.79 Å². The van der Waals surface area contributed by atoms with Gasteiger partial charge in [0.1, 0.15) is 11.5 Å². The number of carbonyl (C=O) groups excluding carboxylic acids is 1. The molecule has 0 radical (unpaired) electrons. The lowest BCUT2D eigenvalue weighted by Gasteiger charge is -2.03. The Morgan fingerprint density at radius 3 is 2.89 bits per heavy atom. The predicted molar refractivity (Wildman–Crippen MR) is 72.9 cm³/mol. The largest absolute Gasteiger partial charge is 0.457 e. The second-order valence-electron chi connectivity index (χ2n) is 3.92. The van der Waals surface area contributed by atoms with Crippen molar-refractivity contribution in [1.29, 1.82) is 0 Å². The van der Waals surface area contributed by atoms with E-state index in [1.807, 2.05) is 25.1 Å². The summed E-state index contributed by atoms with van der Waals surface area (Å²) in [6.45, 7) is 1.91. The zero-order chi connectivity index (χ0) is 13.8. The Balaban J connectivity index is 2.28. The van der Waals surface area contributed by atoms with Crippen LogP contribution < -0.4 is 5.48 Å². The molecule has 5 heteroatoms. The van der Waals surface area contributed by atoms with Gasteiger partial charge < -0.3 is 4.42 Å². The van der Waals surface area contributed by atoms with E-state index in [0.717, 1.165) is 11.1 Å². The van der Waals surface area contributed by atoms with Gasteiger partial charge in [0.15, 0.2) is 0 Å². The molecule has 0 saturated carbocycles. The number of halogens is 1. The molecule has 0 aliphatic heterocycles. The highest BCUT2D eigenvalue weighted by molar-refractivity contribution is 6.31. The molecule has 0 spiro atoms. The Labute approximate surface area is 115 Å². The van der Waals surface area contributed by atoms with E-state index in [1.165, 1.54) is 17.6 Å². The van der Waals surface area contributed by atoms with Crippen LogP contribution in [0.15, 0.2) is 40.8 Å². The highest BCUT2D eigenvalue weighted by atomic mass is 35.5. The van der Waals surface area contributed by atoms with Crippen LogP contribution in [0.2, 0.25) is 5.02 Å².